The zero-order valence-corrected chi connectivity index (χ0v) is 27.8. The number of ether oxygens (including phenoxy) is 1. The molecule has 0 aromatic carbocycles. The van der Waals surface area contributed by atoms with Crippen molar-refractivity contribution in [3.8, 4) is 0 Å². The maximum atomic E-state index is 13.5. The summed E-state index contributed by atoms with van der Waals surface area (Å²) >= 11 is 0. The topological polar surface area (TPSA) is 266 Å². The van der Waals surface area contributed by atoms with Gasteiger partial charge in [-0.15, -0.1) is 0 Å². The summed E-state index contributed by atoms with van der Waals surface area (Å²) in [5.41, 5.74) is 16.2. The molecule has 3 amide bonds. The van der Waals surface area contributed by atoms with Gasteiger partial charge in [0.1, 0.15) is 12.6 Å². The third-order valence-electron chi connectivity index (χ3n) is 7.22. The molecule has 0 saturated heterocycles. The summed E-state index contributed by atoms with van der Waals surface area (Å²) in [7, 11) is 0. The lowest BCUT2D eigenvalue weighted by molar-refractivity contribution is -0.143. The van der Waals surface area contributed by atoms with Crippen LogP contribution in [-0.4, -0.2) is 103 Å². The van der Waals surface area contributed by atoms with Crippen LogP contribution in [0, 0.1) is 11.8 Å². The van der Waals surface area contributed by atoms with E-state index in [0.717, 1.165) is 0 Å². The smallest absolute Gasteiger partial charge is 0.326 e. The fourth-order valence-corrected chi connectivity index (χ4v) is 4.50. The number of hydrogen-bond donors (Lipinski definition) is 8. The summed E-state index contributed by atoms with van der Waals surface area (Å²) < 4.78 is 5.36. The quantitative estimate of drug-likeness (QED) is 0.0519. The van der Waals surface area contributed by atoms with Crippen LogP contribution in [-0.2, 0) is 33.5 Å². The SMILES string of the molecule is CC(C)(C)OCC(=O)NCC(=O)C[C@@H](CO)C(=O)N[C@@H](CCCCN)C(=O)C[C@@H](CCCCN)C(=O)N[C@@H](CCCCN)C(=O)O. The molecular weight excluding hydrogens is 600 g/mol. The molecule has 0 aromatic heterocycles. The second kappa shape index (κ2) is 24.2. The number of aliphatic hydroxyl groups is 1. The molecule has 0 saturated carbocycles. The van der Waals surface area contributed by atoms with E-state index in [9.17, 15) is 39.0 Å². The van der Waals surface area contributed by atoms with Crippen LogP contribution in [0.25, 0.3) is 0 Å². The van der Waals surface area contributed by atoms with Crippen LogP contribution in [0.3, 0.4) is 0 Å². The van der Waals surface area contributed by atoms with Crippen molar-refractivity contribution < 1.29 is 43.7 Å². The summed E-state index contributed by atoms with van der Waals surface area (Å²) in [6, 6.07) is -2.16. The second-order valence-corrected chi connectivity index (χ2v) is 12.5. The lowest BCUT2D eigenvalue weighted by atomic mass is 9.90. The molecule has 46 heavy (non-hydrogen) atoms. The van der Waals surface area contributed by atoms with Crippen molar-refractivity contribution in [1.29, 1.82) is 0 Å². The fourth-order valence-electron chi connectivity index (χ4n) is 4.50. The molecule has 0 aliphatic heterocycles. The average molecular weight is 659 g/mol. The molecule has 15 nitrogen and oxygen atoms in total. The predicted molar refractivity (Wildman–Crippen MR) is 172 cm³/mol. The van der Waals surface area contributed by atoms with E-state index >= 15 is 0 Å². The number of aliphatic hydroxyl groups excluding tert-OH is 1. The molecular formula is C31H58N6O9. The maximum absolute atomic E-state index is 13.5. The van der Waals surface area contributed by atoms with Crippen LogP contribution in [0.1, 0.15) is 91.4 Å². The Kier molecular flexibility index (Phi) is 22.7. The van der Waals surface area contributed by atoms with Crippen molar-refractivity contribution in [2.75, 3.05) is 39.4 Å². The highest BCUT2D eigenvalue weighted by atomic mass is 16.5. The number of nitrogens with one attached hydrogen (secondary N) is 3. The molecule has 0 aromatic rings. The molecule has 0 bridgehead atoms. The Morgan fingerprint density at radius 2 is 1.22 bits per heavy atom. The number of rotatable bonds is 27. The molecule has 0 unspecified atom stereocenters. The van der Waals surface area contributed by atoms with E-state index in [0.29, 0.717) is 58.2 Å². The van der Waals surface area contributed by atoms with Crippen molar-refractivity contribution in [3.05, 3.63) is 0 Å². The molecule has 11 N–H and O–H groups in total. The lowest BCUT2D eigenvalue weighted by Crippen LogP contribution is -2.47. The van der Waals surface area contributed by atoms with Gasteiger partial charge in [0.15, 0.2) is 11.6 Å². The Morgan fingerprint density at radius 3 is 1.72 bits per heavy atom. The number of hydrogen-bond acceptors (Lipinski definition) is 11. The Bertz CT molecular complexity index is 957. The molecule has 266 valence electrons. The van der Waals surface area contributed by atoms with Crippen LogP contribution in [0.4, 0.5) is 0 Å². The molecule has 0 radical (unpaired) electrons. The fraction of sp³-hybridized carbons (Fsp3) is 0.806. The van der Waals surface area contributed by atoms with Crippen molar-refractivity contribution in [3.63, 3.8) is 0 Å². The van der Waals surface area contributed by atoms with E-state index < -0.39 is 71.4 Å². The summed E-state index contributed by atoms with van der Waals surface area (Å²) in [4.78, 5) is 76.1. The number of Topliss-reactive ketones (excluding diaryl/α,β-unsaturated/α-hetero) is 2. The molecule has 4 atom stereocenters. The Morgan fingerprint density at radius 1 is 0.717 bits per heavy atom. The molecule has 0 heterocycles. The standard InChI is InChI=1S/C31H58N6O9/c1-31(2,3)46-20-27(41)35-18-23(39)16-22(19-38)29(43)36-24(11-5-8-14-33)26(40)17-21(10-4-7-13-32)28(42)37-25(30(44)45)12-6-9-15-34/h21-22,24-25,38H,4-20,32-34H2,1-3H3,(H,35,41)(H,36,43)(H,37,42)(H,44,45)/t21-,22+,24+,25+/m1/s1. The summed E-state index contributed by atoms with van der Waals surface area (Å²) in [6.45, 7) is 5.19. The molecule has 0 aliphatic carbocycles. The largest absolute Gasteiger partial charge is 0.480 e. The van der Waals surface area contributed by atoms with Gasteiger partial charge in [0.2, 0.25) is 17.7 Å². The van der Waals surface area contributed by atoms with Gasteiger partial charge in [0.05, 0.1) is 30.7 Å². The van der Waals surface area contributed by atoms with Gasteiger partial charge in [0, 0.05) is 18.8 Å². The van der Waals surface area contributed by atoms with Crippen LogP contribution in [0.2, 0.25) is 0 Å². The van der Waals surface area contributed by atoms with Crippen molar-refractivity contribution in [1.82, 2.24) is 16.0 Å². The number of ketones is 2. The van der Waals surface area contributed by atoms with E-state index in [4.69, 9.17) is 21.9 Å². The van der Waals surface area contributed by atoms with E-state index in [1.165, 1.54) is 0 Å². The van der Waals surface area contributed by atoms with E-state index in [1.54, 1.807) is 20.8 Å². The Labute approximate surface area is 272 Å². The number of carboxylic acids is 1. The van der Waals surface area contributed by atoms with Crippen LogP contribution in [0.5, 0.6) is 0 Å². The van der Waals surface area contributed by atoms with Gasteiger partial charge in [-0.3, -0.25) is 24.0 Å². The minimum Gasteiger partial charge on any atom is -0.480 e. The van der Waals surface area contributed by atoms with Crippen LogP contribution < -0.4 is 33.2 Å². The number of carbonyl (C=O) groups excluding carboxylic acids is 5. The molecule has 15 heteroatoms. The summed E-state index contributed by atoms with van der Waals surface area (Å²) in [6.07, 6.45) is 3.36. The molecule has 0 rings (SSSR count). The molecule has 0 spiro atoms. The zero-order valence-electron chi connectivity index (χ0n) is 27.8. The third-order valence-corrected chi connectivity index (χ3v) is 7.22. The van der Waals surface area contributed by atoms with E-state index in [2.05, 4.69) is 16.0 Å². The Hall–Kier alpha value is -2.98. The van der Waals surface area contributed by atoms with Gasteiger partial charge in [-0.2, -0.15) is 0 Å². The third kappa shape index (κ3) is 20.2. The van der Waals surface area contributed by atoms with Gasteiger partial charge in [-0.25, -0.2) is 4.79 Å². The first-order valence-electron chi connectivity index (χ1n) is 16.2. The van der Waals surface area contributed by atoms with Gasteiger partial charge in [-0.05, 0) is 91.8 Å². The van der Waals surface area contributed by atoms with Crippen molar-refractivity contribution >= 4 is 35.3 Å². The number of aliphatic carboxylic acids is 1. The van der Waals surface area contributed by atoms with E-state index in [1.807, 2.05) is 0 Å². The van der Waals surface area contributed by atoms with Crippen LogP contribution in [0.15, 0.2) is 0 Å². The predicted octanol–water partition coefficient (Wildman–Crippen LogP) is -0.498. The van der Waals surface area contributed by atoms with Gasteiger partial charge < -0.3 is 48.1 Å². The Balaban J connectivity index is 5.56. The first-order valence-corrected chi connectivity index (χ1v) is 16.2. The highest BCUT2D eigenvalue weighted by Gasteiger charge is 2.31. The summed E-state index contributed by atoms with van der Waals surface area (Å²) in [5, 5.41) is 27.1. The highest BCUT2D eigenvalue weighted by Crippen LogP contribution is 2.18. The number of unbranched alkanes of at least 4 members (excludes halogenated alkanes) is 3. The molecule has 0 aliphatic rings. The van der Waals surface area contributed by atoms with Crippen LogP contribution >= 0.6 is 0 Å². The zero-order chi connectivity index (χ0) is 35.1. The monoisotopic (exact) mass is 658 g/mol. The highest BCUT2D eigenvalue weighted by molar-refractivity contribution is 5.95. The minimum absolute atomic E-state index is 0.190. The van der Waals surface area contributed by atoms with Crippen molar-refractivity contribution in [2.45, 2.75) is 109 Å². The lowest BCUT2D eigenvalue weighted by Gasteiger charge is -2.24. The normalized spacial score (nSPS) is 14.1. The number of amides is 3. The average Bonchev–Trinajstić information content (AvgIpc) is 2.99. The first kappa shape index (κ1) is 43.0. The molecule has 0 fully saturated rings. The minimum atomic E-state index is -1.19. The second-order valence-electron chi connectivity index (χ2n) is 12.5. The van der Waals surface area contributed by atoms with Gasteiger partial charge in [0.25, 0.3) is 0 Å². The summed E-state index contributed by atoms with van der Waals surface area (Å²) in [5.74, 6) is -5.96. The van der Waals surface area contributed by atoms with Gasteiger partial charge in [-0.1, -0.05) is 6.42 Å². The number of carboxylic acid groups (broad SMARTS) is 1. The number of nitrogens with two attached hydrogens (primary N) is 3. The van der Waals surface area contributed by atoms with Gasteiger partial charge >= 0.3 is 5.97 Å². The maximum Gasteiger partial charge on any atom is 0.326 e. The van der Waals surface area contributed by atoms with Crippen molar-refractivity contribution in [2.24, 2.45) is 29.0 Å². The number of carbonyl (C=O) groups is 6. The first-order chi connectivity index (χ1) is 21.7. The van der Waals surface area contributed by atoms with E-state index in [-0.39, 0.29) is 45.3 Å².